The minimum absolute atomic E-state index is 0.894. The molecule has 0 saturated carbocycles. The summed E-state index contributed by atoms with van der Waals surface area (Å²) in [6, 6.07) is 65.3. The van der Waals surface area contributed by atoms with Crippen LogP contribution >= 0.6 is 23.5 Å². The van der Waals surface area contributed by atoms with Gasteiger partial charge in [-0.1, -0.05) is 146 Å². The molecular weight excluding hydrogens is 693 g/mol. The Balaban J connectivity index is 1.29. The molecule has 0 unspecified atom stereocenters. The topological polar surface area (TPSA) is 25.8 Å². The maximum atomic E-state index is 5.46. The van der Waals surface area contributed by atoms with Crippen molar-refractivity contribution in [3.8, 4) is 67.0 Å². The van der Waals surface area contributed by atoms with Gasteiger partial charge < -0.3 is 0 Å². The highest BCUT2D eigenvalue weighted by atomic mass is 32.2. The second-order valence-electron chi connectivity index (χ2n) is 13.3. The second-order valence-corrected chi connectivity index (χ2v) is 15.1. The van der Waals surface area contributed by atoms with E-state index in [0.717, 1.165) is 66.6 Å². The van der Waals surface area contributed by atoms with Crippen LogP contribution in [0.2, 0.25) is 0 Å². The predicted molar refractivity (Wildman–Crippen MR) is 233 cm³/mol. The molecule has 0 atom stereocenters. The zero-order valence-electron chi connectivity index (χ0n) is 30.0. The molecule has 54 heavy (non-hydrogen) atoms. The molecule has 4 heteroatoms. The Labute approximate surface area is 325 Å². The van der Waals surface area contributed by atoms with E-state index in [1.54, 1.807) is 23.5 Å². The van der Waals surface area contributed by atoms with Crippen LogP contribution < -0.4 is 0 Å². The van der Waals surface area contributed by atoms with Gasteiger partial charge in [-0.05, 0) is 93.4 Å². The summed E-state index contributed by atoms with van der Waals surface area (Å²) in [5.41, 5.74) is 15.1. The standard InChI is InChI=1S/C50H36N2S2/c1-53-41-25-21-39(22-26-41)47-31-45(37-17-13-35(14-18-37)33-9-5-3-6-10-33)43-29-30-44-46(38-19-15-36(16-20-38)34-11-7-4-8-12-34)32-48(52-50(44)49(43)51-47)40-23-27-42(54-2)28-24-40/h3-32H,1-2H3. The van der Waals surface area contributed by atoms with Crippen LogP contribution in [0.3, 0.4) is 0 Å². The molecule has 258 valence electrons. The third-order valence-electron chi connectivity index (χ3n) is 10.1. The first-order valence-corrected chi connectivity index (χ1v) is 20.5. The maximum Gasteiger partial charge on any atom is 0.0978 e. The van der Waals surface area contributed by atoms with Gasteiger partial charge in [0.25, 0.3) is 0 Å². The Morgan fingerprint density at radius 2 is 0.630 bits per heavy atom. The molecule has 0 spiro atoms. The van der Waals surface area contributed by atoms with Crippen LogP contribution in [-0.4, -0.2) is 22.5 Å². The molecule has 0 aliphatic carbocycles. The summed E-state index contributed by atoms with van der Waals surface area (Å²) in [4.78, 5) is 13.4. The third-order valence-corrected chi connectivity index (χ3v) is 11.6. The molecule has 2 nitrogen and oxygen atoms in total. The lowest BCUT2D eigenvalue weighted by Gasteiger charge is -2.16. The monoisotopic (exact) mass is 728 g/mol. The Bertz CT molecular complexity index is 2530. The molecule has 0 amide bonds. The van der Waals surface area contributed by atoms with Crippen molar-refractivity contribution in [3.05, 3.63) is 182 Å². The van der Waals surface area contributed by atoms with E-state index in [9.17, 15) is 0 Å². The van der Waals surface area contributed by atoms with Crippen molar-refractivity contribution in [1.82, 2.24) is 9.97 Å². The van der Waals surface area contributed by atoms with Crippen molar-refractivity contribution in [2.24, 2.45) is 0 Å². The highest BCUT2D eigenvalue weighted by Gasteiger charge is 2.18. The molecule has 0 N–H and O–H groups in total. The first kappa shape index (κ1) is 33.9. The van der Waals surface area contributed by atoms with Gasteiger partial charge in [0.05, 0.1) is 22.4 Å². The van der Waals surface area contributed by atoms with Gasteiger partial charge in [0.2, 0.25) is 0 Å². The van der Waals surface area contributed by atoms with Crippen LogP contribution in [0.15, 0.2) is 192 Å². The molecule has 0 fully saturated rings. The number of fused-ring (bicyclic) bond motifs is 3. The fourth-order valence-electron chi connectivity index (χ4n) is 7.22. The summed E-state index contributed by atoms with van der Waals surface area (Å²) in [5.74, 6) is 0. The minimum atomic E-state index is 0.894. The van der Waals surface area contributed by atoms with E-state index in [0.29, 0.717) is 0 Å². The lowest BCUT2D eigenvalue weighted by molar-refractivity contribution is 1.35. The van der Waals surface area contributed by atoms with Crippen molar-refractivity contribution in [2.45, 2.75) is 9.79 Å². The molecule has 0 aliphatic rings. The molecule has 0 bridgehead atoms. The van der Waals surface area contributed by atoms with Crippen LogP contribution in [0.25, 0.3) is 88.8 Å². The first-order chi connectivity index (χ1) is 26.6. The van der Waals surface area contributed by atoms with Crippen LogP contribution in [0.4, 0.5) is 0 Å². The van der Waals surface area contributed by atoms with Crippen LogP contribution in [-0.2, 0) is 0 Å². The number of benzene rings is 7. The number of thioether (sulfide) groups is 2. The van der Waals surface area contributed by atoms with Crippen LogP contribution in [0.5, 0.6) is 0 Å². The minimum Gasteiger partial charge on any atom is -0.245 e. The van der Waals surface area contributed by atoms with E-state index >= 15 is 0 Å². The number of pyridine rings is 2. The Morgan fingerprint density at radius 3 is 0.981 bits per heavy atom. The van der Waals surface area contributed by atoms with Crippen molar-refractivity contribution < 1.29 is 0 Å². The maximum absolute atomic E-state index is 5.46. The van der Waals surface area contributed by atoms with E-state index in [1.807, 2.05) is 0 Å². The largest absolute Gasteiger partial charge is 0.245 e. The summed E-state index contributed by atoms with van der Waals surface area (Å²) in [6.45, 7) is 0. The lowest BCUT2D eigenvalue weighted by atomic mass is 9.92. The van der Waals surface area contributed by atoms with E-state index < -0.39 is 0 Å². The van der Waals surface area contributed by atoms with Gasteiger partial charge in [0.15, 0.2) is 0 Å². The molecule has 9 aromatic rings. The van der Waals surface area contributed by atoms with E-state index in [-0.39, 0.29) is 0 Å². The predicted octanol–water partition coefficient (Wildman–Crippen LogP) is 14.2. The fourth-order valence-corrected chi connectivity index (χ4v) is 8.03. The number of aromatic nitrogens is 2. The van der Waals surface area contributed by atoms with Crippen LogP contribution in [0, 0.1) is 0 Å². The van der Waals surface area contributed by atoms with Crippen molar-refractivity contribution in [1.29, 1.82) is 0 Å². The number of nitrogens with zero attached hydrogens (tertiary/aromatic N) is 2. The summed E-state index contributed by atoms with van der Waals surface area (Å²) in [6.07, 6.45) is 4.22. The number of hydrogen-bond donors (Lipinski definition) is 0. The Kier molecular flexibility index (Phi) is 9.30. The van der Waals surface area contributed by atoms with Crippen molar-refractivity contribution >= 4 is 45.3 Å². The van der Waals surface area contributed by atoms with Crippen molar-refractivity contribution in [2.75, 3.05) is 12.5 Å². The normalized spacial score (nSPS) is 11.3. The molecule has 0 radical (unpaired) electrons. The molecular formula is C50H36N2S2. The van der Waals surface area contributed by atoms with Crippen LogP contribution in [0.1, 0.15) is 0 Å². The molecule has 7 aromatic carbocycles. The average molecular weight is 729 g/mol. The van der Waals surface area contributed by atoms with E-state index in [2.05, 4.69) is 195 Å². The third kappa shape index (κ3) is 6.60. The smallest absolute Gasteiger partial charge is 0.0978 e. The zero-order valence-corrected chi connectivity index (χ0v) is 31.7. The highest BCUT2D eigenvalue weighted by molar-refractivity contribution is 7.98. The molecule has 9 rings (SSSR count). The summed E-state index contributed by atoms with van der Waals surface area (Å²) < 4.78 is 0. The average Bonchev–Trinajstić information content (AvgIpc) is 3.26. The molecule has 0 aliphatic heterocycles. The summed E-state index contributed by atoms with van der Waals surface area (Å²) in [5, 5.41) is 2.15. The number of rotatable bonds is 8. The van der Waals surface area contributed by atoms with Crippen molar-refractivity contribution in [3.63, 3.8) is 0 Å². The second kappa shape index (κ2) is 14.8. The summed E-state index contributed by atoms with van der Waals surface area (Å²) in [7, 11) is 0. The molecule has 0 saturated heterocycles. The highest BCUT2D eigenvalue weighted by Crippen LogP contribution is 2.40. The van der Waals surface area contributed by atoms with E-state index in [4.69, 9.17) is 9.97 Å². The van der Waals surface area contributed by atoms with Gasteiger partial charge in [-0.15, -0.1) is 23.5 Å². The zero-order chi connectivity index (χ0) is 36.4. The lowest BCUT2D eigenvalue weighted by Crippen LogP contribution is -1.96. The first-order valence-electron chi connectivity index (χ1n) is 18.0. The van der Waals surface area contributed by atoms with Gasteiger partial charge >= 0.3 is 0 Å². The van der Waals surface area contributed by atoms with Gasteiger partial charge in [-0.25, -0.2) is 9.97 Å². The quantitative estimate of drug-likeness (QED) is 0.115. The SMILES string of the molecule is CSc1ccc(-c2cc(-c3ccc(-c4ccccc4)cc3)c3ccc4c(-c5ccc(-c6ccccc6)cc5)cc(-c5ccc(SC)cc5)nc4c3n2)cc1. The van der Waals surface area contributed by atoms with Gasteiger partial charge in [0, 0.05) is 31.7 Å². The van der Waals surface area contributed by atoms with Gasteiger partial charge in [0.1, 0.15) is 0 Å². The van der Waals surface area contributed by atoms with Gasteiger partial charge in [-0.3, -0.25) is 0 Å². The number of hydrogen-bond acceptors (Lipinski definition) is 4. The Morgan fingerprint density at radius 1 is 0.315 bits per heavy atom. The van der Waals surface area contributed by atoms with E-state index in [1.165, 1.54) is 32.0 Å². The molecule has 2 aromatic heterocycles. The fraction of sp³-hybridized carbons (Fsp3) is 0.0400. The van der Waals surface area contributed by atoms with Gasteiger partial charge in [-0.2, -0.15) is 0 Å². The molecule has 2 heterocycles. The Hall–Kier alpha value is -5.94. The summed E-state index contributed by atoms with van der Waals surface area (Å²) >= 11 is 3.49.